The Balaban J connectivity index is 1.99. The molecule has 0 amide bonds. The Hall–Kier alpha value is -2.41. The third-order valence-corrected chi connectivity index (χ3v) is 3.78. The first-order chi connectivity index (χ1) is 10.0. The van der Waals surface area contributed by atoms with Gasteiger partial charge in [0.2, 0.25) is 17.0 Å². The van der Waals surface area contributed by atoms with Crippen molar-refractivity contribution in [3.63, 3.8) is 0 Å². The average Bonchev–Trinajstić information content (AvgIpc) is 2.94. The zero-order chi connectivity index (χ0) is 15.0. The first-order valence-corrected chi connectivity index (χ1v) is 7.33. The van der Waals surface area contributed by atoms with Gasteiger partial charge < -0.3 is 11.1 Å². The molecule has 0 fully saturated rings. The first kappa shape index (κ1) is 13.6. The lowest BCUT2D eigenvalue weighted by Gasteiger charge is -2.08. The second-order valence-corrected chi connectivity index (χ2v) is 6.17. The van der Waals surface area contributed by atoms with Gasteiger partial charge in [-0.3, -0.25) is 0 Å². The van der Waals surface area contributed by atoms with Gasteiger partial charge in [0, 0.05) is 16.8 Å². The highest BCUT2D eigenvalue weighted by Gasteiger charge is 2.13. The second-order valence-electron chi connectivity index (χ2n) is 4.96. The molecular weight excluding hydrogens is 284 g/mol. The molecule has 0 aliphatic rings. The van der Waals surface area contributed by atoms with Crippen LogP contribution >= 0.6 is 11.3 Å². The highest BCUT2D eigenvalue weighted by molar-refractivity contribution is 7.14. The molecule has 3 aromatic rings. The summed E-state index contributed by atoms with van der Waals surface area (Å²) in [5.74, 6) is 0.779. The number of benzene rings is 1. The van der Waals surface area contributed by atoms with E-state index in [9.17, 15) is 0 Å². The number of nitrogens with one attached hydrogen (secondary N) is 1. The van der Waals surface area contributed by atoms with E-state index in [0.29, 0.717) is 5.95 Å². The number of nitrogen functional groups attached to an aromatic ring is 1. The fraction of sp³-hybridized carbons (Fsp3) is 0.214. The number of nitrogens with two attached hydrogens (primary N) is 1. The molecule has 0 spiro atoms. The molecule has 108 valence electrons. The highest BCUT2D eigenvalue weighted by Crippen LogP contribution is 2.23. The summed E-state index contributed by atoms with van der Waals surface area (Å²) < 4.78 is 1.63. The van der Waals surface area contributed by atoms with Crippen LogP contribution in [0.4, 0.5) is 17.6 Å². The van der Waals surface area contributed by atoms with Crippen LogP contribution in [0.1, 0.15) is 16.0 Å². The van der Waals surface area contributed by atoms with Crippen molar-refractivity contribution < 1.29 is 0 Å². The number of anilines is 3. The lowest BCUT2D eigenvalue weighted by Crippen LogP contribution is -2.03. The Morgan fingerprint density at radius 1 is 1.14 bits per heavy atom. The summed E-state index contributed by atoms with van der Waals surface area (Å²) in [7, 11) is 0. The fourth-order valence-electron chi connectivity index (χ4n) is 2.16. The van der Waals surface area contributed by atoms with Crippen molar-refractivity contribution in [3.8, 4) is 5.13 Å². The molecular formula is C14H16N6S. The van der Waals surface area contributed by atoms with E-state index in [0.717, 1.165) is 15.7 Å². The summed E-state index contributed by atoms with van der Waals surface area (Å²) in [6.07, 6.45) is 1.80. The van der Waals surface area contributed by atoms with Crippen LogP contribution in [-0.4, -0.2) is 19.7 Å². The molecule has 21 heavy (non-hydrogen) atoms. The highest BCUT2D eigenvalue weighted by atomic mass is 32.1. The Labute approximate surface area is 126 Å². The molecule has 3 N–H and O–H groups in total. The molecule has 0 aliphatic carbocycles. The van der Waals surface area contributed by atoms with E-state index in [1.54, 1.807) is 10.9 Å². The van der Waals surface area contributed by atoms with Crippen LogP contribution in [0.3, 0.4) is 0 Å². The van der Waals surface area contributed by atoms with E-state index in [-0.39, 0.29) is 5.95 Å². The molecule has 0 aliphatic heterocycles. The predicted molar refractivity (Wildman–Crippen MR) is 85.4 cm³/mol. The number of aryl methyl sites for hydroxylation is 3. The monoisotopic (exact) mass is 300 g/mol. The molecule has 0 saturated heterocycles. The zero-order valence-electron chi connectivity index (χ0n) is 12.1. The van der Waals surface area contributed by atoms with E-state index >= 15 is 0 Å². The van der Waals surface area contributed by atoms with Crippen molar-refractivity contribution in [3.05, 3.63) is 40.4 Å². The van der Waals surface area contributed by atoms with E-state index in [4.69, 9.17) is 5.73 Å². The van der Waals surface area contributed by atoms with Gasteiger partial charge in [-0.15, -0.1) is 16.4 Å². The van der Waals surface area contributed by atoms with Crippen LogP contribution in [0, 0.1) is 20.8 Å². The predicted octanol–water partition coefficient (Wildman–Crippen LogP) is 2.97. The summed E-state index contributed by atoms with van der Waals surface area (Å²) >= 11 is 1.54. The normalized spacial score (nSPS) is 10.8. The number of hydrogen-bond donors (Lipinski definition) is 2. The quantitative estimate of drug-likeness (QED) is 0.777. The maximum Gasteiger partial charge on any atom is 0.241 e. The van der Waals surface area contributed by atoms with Gasteiger partial charge in [-0.2, -0.15) is 9.67 Å². The molecule has 0 radical (unpaired) electrons. The summed E-state index contributed by atoms with van der Waals surface area (Å²) in [5.41, 5.74) is 9.05. The first-order valence-electron chi connectivity index (χ1n) is 6.52. The van der Waals surface area contributed by atoms with Crippen LogP contribution < -0.4 is 11.1 Å². The third-order valence-electron chi connectivity index (χ3n) is 2.89. The van der Waals surface area contributed by atoms with Gasteiger partial charge in [-0.05, 0) is 44.0 Å². The van der Waals surface area contributed by atoms with Crippen molar-refractivity contribution in [1.29, 1.82) is 0 Å². The van der Waals surface area contributed by atoms with Gasteiger partial charge in [-0.1, -0.05) is 6.07 Å². The molecule has 0 unspecified atom stereocenters. The van der Waals surface area contributed by atoms with Crippen LogP contribution in [0.15, 0.2) is 24.4 Å². The van der Waals surface area contributed by atoms with Crippen LogP contribution in [0.5, 0.6) is 0 Å². The topological polar surface area (TPSA) is 81.6 Å². The molecule has 1 aromatic carbocycles. The maximum absolute atomic E-state index is 5.73. The van der Waals surface area contributed by atoms with Crippen molar-refractivity contribution in [2.24, 2.45) is 0 Å². The summed E-state index contributed by atoms with van der Waals surface area (Å²) in [4.78, 5) is 9.66. The third kappa shape index (κ3) is 2.87. The van der Waals surface area contributed by atoms with Crippen LogP contribution in [-0.2, 0) is 0 Å². The summed E-state index contributed by atoms with van der Waals surface area (Å²) in [6, 6.07) is 6.22. The minimum absolute atomic E-state index is 0.217. The van der Waals surface area contributed by atoms with Gasteiger partial charge in [0.05, 0.1) is 0 Å². The van der Waals surface area contributed by atoms with Crippen LogP contribution in [0.25, 0.3) is 5.13 Å². The van der Waals surface area contributed by atoms with E-state index in [1.807, 2.05) is 6.92 Å². The Bertz CT molecular complexity index is 768. The van der Waals surface area contributed by atoms with Crippen molar-refractivity contribution in [2.45, 2.75) is 20.8 Å². The molecule has 0 saturated carbocycles. The van der Waals surface area contributed by atoms with Gasteiger partial charge in [0.1, 0.15) is 0 Å². The number of thiazole rings is 1. The second kappa shape index (κ2) is 5.17. The van der Waals surface area contributed by atoms with Crippen LogP contribution in [0.2, 0.25) is 0 Å². The molecule has 0 atom stereocenters. The smallest absolute Gasteiger partial charge is 0.241 e. The molecule has 7 heteroatoms. The molecule has 2 aromatic heterocycles. The Kier molecular flexibility index (Phi) is 3.34. The zero-order valence-corrected chi connectivity index (χ0v) is 12.9. The van der Waals surface area contributed by atoms with E-state index in [1.165, 1.54) is 22.5 Å². The Morgan fingerprint density at radius 3 is 2.48 bits per heavy atom. The van der Waals surface area contributed by atoms with Crippen molar-refractivity contribution in [2.75, 3.05) is 11.1 Å². The lowest BCUT2D eigenvalue weighted by atomic mass is 10.1. The van der Waals surface area contributed by atoms with Gasteiger partial charge in [0.25, 0.3) is 0 Å². The standard InChI is InChI=1S/C14H16N6S/c1-8-4-9(2)6-11(5-8)17-13-18-12(15)19-20(13)14-16-7-10(3)21-14/h4-7H,1-3H3,(H3,15,17,18,19). The number of hydrogen-bond acceptors (Lipinski definition) is 6. The van der Waals surface area contributed by atoms with Gasteiger partial charge in [0.15, 0.2) is 0 Å². The minimum atomic E-state index is 0.217. The number of aromatic nitrogens is 4. The largest absolute Gasteiger partial charge is 0.366 e. The lowest BCUT2D eigenvalue weighted by molar-refractivity contribution is 0.880. The molecule has 2 heterocycles. The van der Waals surface area contributed by atoms with E-state index in [2.05, 4.69) is 52.4 Å². The Morgan fingerprint density at radius 2 is 1.86 bits per heavy atom. The van der Waals surface area contributed by atoms with Gasteiger partial charge in [-0.25, -0.2) is 4.98 Å². The summed E-state index contributed by atoms with van der Waals surface area (Å²) in [5, 5.41) is 8.20. The maximum atomic E-state index is 5.73. The van der Waals surface area contributed by atoms with E-state index < -0.39 is 0 Å². The SMILES string of the molecule is Cc1cc(C)cc(Nc2nc(N)nn2-c2ncc(C)s2)c1. The van der Waals surface area contributed by atoms with Crippen molar-refractivity contribution >= 4 is 28.9 Å². The molecule has 0 bridgehead atoms. The molecule has 3 rings (SSSR count). The number of nitrogens with zero attached hydrogens (tertiary/aromatic N) is 4. The molecule has 6 nitrogen and oxygen atoms in total. The van der Waals surface area contributed by atoms with Gasteiger partial charge >= 0.3 is 0 Å². The minimum Gasteiger partial charge on any atom is -0.366 e. The number of rotatable bonds is 3. The van der Waals surface area contributed by atoms with Crippen molar-refractivity contribution in [1.82, 2.24) is 19.7 Å². The average molecular weight is 300 g/mol. The summed E-state index contributed by atoms with van der Waals surface area (Å²) in [6.45, 7) is 6.11. The fourth-order valence-corrected chi connectivity index (χ4v) is 2.87.